The maximum absolute atomic E-state index is 14.7. The Morgan fingerprint density at radius 3 is 1.24 bits per heavy atom. The van der Waals surface area contributed by atoms with Crippen molar-refractivity contribution in [1.82, 2.24) is 9.80 Å². The normalized spacial score (nSPS) is 12.6. The second kappa shape index (κ2) is 40.6. The van der Waals surface area contributed by atoms with Crippen LogP contribution in [-0.4, -0.2) is 113 Å². The Bertz CT molecular complexity index is 1940. The van der Waals surface area contributed by atoms with Gasteiger partial charge in [-0.05, 0) is 49.9 Å². The largest absolute Gasteiger partial charge is 4.00 e. The number of rotatable bonds is 28. The number of carbonyl (C=O) groups is 2. The van der Waals surface area contributed by atoms with Gasteiger partial charge in [-0.1, -0.05) is 51.0 Å². The van der Waals surface area contributed by atoms with E-state index in [2.05, 4.69) is 50.3 Å². The fourth-order valence-electron chi connectivity index (χ4n) is 6.53. The van der Waals surface area contributed by atoms with Gasteiger partial charge in [0, 0.05) is 26.3 Å². The van der Waals surface area contributed by atoms with Gasteiger partial charge in [0.15, 0.2) is 0 Å². The monoisotopic (exact) mass is 1010 g/mol. The Morgan fingerprint density at radius 2 is 0.930 bits per heavy atom. The van der Waals surface area contributed by atoms with E-state index >= 15 is 0 Å². The number of amides is 2. The van der Waals surface area contributed by atoms with E-state index in [1.807, 2.05) is 48.6 Å². The van der Waals surface area contributed by atoms with E-state index in [9.17, 15) is 27.2 Å². The minimum Gasteiger partial charge on any atom is -0.379 e. The molecule has 0 saturated carbocycles. The van der Waals surface area contributed by atoms with Crippen LogP contribution >= 0.6 is 0 Å². The molecule has 8 nitrogen and oxygen atoms in total. The number of carbonyl (C=O) groups excluding carboxylic acids is 2. The predicted octanol–water partition coefficient (Wildman–Crippen LogP) is 11.6. The van der Waals surface area contributed by atoms with Crippen LogP contribution < -0.4 is 0 Å². The zero-order valence-corrected chi connectivity index (χ0v) is 42.9. The van der Waals surface area contributed by atoms with Crippen LogP contribution in [0.15, 0.2) is 134 Å². The minimum atomic E-state index is -1.29. The van der Waals surface area contributed by atoms with E-state index in [0.29, 0.717) is 39.6 Å². The Morgan fingerprint density at radius 1 is 0.549 bits per heavy atom. The Kier molecular flexibility index (Phi) is 35.6. The molecule has 2 amide bonds. The summed E-state index contributed by atoms with van der Waals surface area (Å²) in [6.07, 6.45) is 21.8. The van der Waals surface area contributed by atoms with E-state index in [4.69, 9.17) is 18.9 Å². The molecule has 4 aromatic rings. The molecule has 0 spiro atoms. The number of hydrogen-bond donors (Lipinski definition) is 0. The van der Waals surface area contributed by atoms with Crippen molar-refractivity contribution in [2.24, 2.45) is 0 Å². The van der Waals surface area contributed by atoms with Crippen molar-refractivity contribution in [3.05, 3.63) is 192 Å². The maximum atomic E-state index is 14.7. The molecule has 4 aromatic carbocycles. The summed E-state index contributed by atoms with van der Waals surface area (Å²) in [6, 6.07) is 31.7. The van der Waals surface area contributed by atoms with Crippen LogP contribution in [0.4, 0.5) is 17.6 Å². The first-order valence-electron chi connectivity index (χ1n) is 24.2. The van der Waals surface area contributed by atoms with Crippen LogP contribution in [0.2, 0.25) is 0 Å². The third kappa shape index (κ3) is 28.6. The van der Waals surface area contributed by atoms with Gasteiger partial charge in [0.05, 0.1) is 63.9 Å². The Hall–Kier alpha value is -4.95. The topological polar surface area (TPSA) is 77.5 Å². The van der Waals surface area contributed by atoms with Crippen molar-refractivity contribution in [2.45, 2.75) is 77.6 Å². The molecule has 0 saturated heterocycles. The zero-order chi connectivity index (χ0) is 50.3. The van der Waals surface area contributed by atoms with Crippen molar-refractivity contribution in [2.75, 3.05) is 79.0 Å². The standard InChI is InChI=1S/2C24H30F2NO3.2C5H5.Ti/c2*1-2-3-14-29-16-17-30-15-13-27(24(28)22-11-7-8-12-23(22)26)19-21(25)18-20-9-5-4-6-10-20;2*1-2-4-5-3-1;/h2*4-9,11-12,21H,2-3,13-19H2,1H3;2*1-3H,4H2;/q4*-1;+4. The quantitative estimate of drug-likeness (QED) is 0.0244. The molecule has 13 heteroatoms. The molecular weight excluding hydrogens is 945 g/mol. The molecule has 0 aliphatic heterocycles. The van der Waals surface area contributed by atoms with Crippen LogP contribution in [-0.2, 0) is 53.5 Å². The van der Waals surface area contributed by atoms with Crippen LogP contribution in [0.3, 0.4) is 0 Å². The van der Waals surface area contributed by atoms with Gasteiger partial charge >= 0.3 is 21.7 Å². The number of nitrogens with zero attached hydrogens (tertiary/aromatic N) is 2. The summed E-state index contributed by atoms with van der Waals surface area (Å²) in [6.45, 7) is 7.78. The van der Waals surface area contributed by atoms with Crippen molar-refractivity contribution >= 4 is 11.8 Å². The average molecular weight is 1020 g/mol. The number of hydrogen-bond acceptors (Lipinski definition) is 6. The number of ether oxygens (including phenoxy) is 4. The van der Waals surface area contributed by atoms with E-state index < -0.39 is 35.8 Å². The van der Waals surface area contributed by atoms with Crippen molar-refractivity contribution in [3.8, 4) is 0 Å². The molecule has 71 heavy (non-hydrogen) atoms. The Labute approximate surface area is 435 Å². The van der Waals surface area contributed by atoms with Gasteiger partial charge < -0.3 is 28.7 Å². The van der Waals surface area contributed by atoms with E-state index in [1.165, 1.54) is 46.2 Å². The summed E-state index contributed by atoms with van der Waals surface area (Å²) in [5.41, 5.74) is 1.31. The first-order chi connectivity index (χ1) is 34.2. The molecular formula is C58H70F4N2O6Ti. The number of benzene rings is 4. The molecule has 2 unspecified atom stereocenters. The smallest absolute Gasteiger partial charge is 0.379 e. The summed E-state index contributed by atoms with van der Waals surface area (Å²) in [5.74, 6) is -2.33. The molecule has 0 heterocycles. The molecule has 2 atom stereocenters. The second-order valence-electron chi connectivity index (χ2n) is 16.0. The van der Waals surface area contributed by atoms with Gasteiger partial charge in [-0.3, -0.25) is 21.7 Å². The molecule has 0 aromatic heterocycles. The molecule has 2 aliphatic rings. The third-order valence-corrected chi connectivity index (χ3v) is 10.3. The fourth-order valence-corrected chi connectivity index (χ4v) is 6.53. The molecule has 0 bridgehead atoms. The van der Waals surface area contributed by atoms with Gasteiger partial charge in [-0.2, -0.15) is 83.9 Å². The van der Waals surface area contributed by atoms with E-state index in [1.54, 1.807) is 36.4 Å². The fraction of sp³-hybridized carbons (Fsp3) is 0.414. The van der Waals surface area contributed by atoms with E-state index in [-0.39, 0.29) is 85.1 Å². The average Bonchev–Trinajstić information content (AvgIpc) is 4.17. The number of allylic oxidation sites excluding steroid dienone is 8. The number of halogens is 4. The van der Waals surface area contributed by atoms with Gasteiger partial charge in [0.1, 0.15) is 24.0 Å². The molecule has 2 aliphatic carbocycles. The van der Waals surface area contributed by atoms with Gasteiger partial charge in [0.2, 0.25) is 0 Å². The first kappa shape index (κ1) is 62.2. The molecule has 380 valence electrons. The van der Waals surface area contributed by atoms with Gasteiger partial charge in [-0.15, -0.1) is 12.8 Å². The van der Waals surface area contributed by atoms with Gasteiger partial charge in [-0.25, -0.2) is 41.9 Å². The zero-order valence-electron chi connectivity index (χ0n) is 41.4. The predicted molar refractivity (Wildman–Crippen MR) is 269 cm³/mol. The molecule has 6 rings (SSSR count). The van der Waals surface area contributed by atoms with Crippen molar-refractivity contribution in [1.29, 1.82) is 0 Å². The SMILES string of the molecule is CCCCOCCOCCN(CC(F)Cc1[c-]cccc1)C(=O)c1ccccc1F.CCCCOCCOCCN(CC(F)Cc1[c-]cccc1)C(=O)c1ccccc1F.[C-]1=CC=CC1.[C-]1=CC=CC1.[Ti+4]. The Balaban J connectivity index is 0.000000399. The molecule has 0 N–H and O–H groups in total. The molecule has 0 fully saturated rings. The number of alkyl halides is 2. The van der Waals surface area contributed by atoms with Crippen LogP contribution in [0.5, 0.6) is 0 Å². The summed E-state index contributed by atoms with van der Waals surface area (Å²) in [5, 5.41) is 0. The van der Waals surface area contributed by atoms with Crippen LogP contribution in [0, 0.1) is 35.9 Å². The van der Waals surface area contributed by atoms with Crippen molar-refractivity contribution in [3.63, 3.8) is 0 Å². The van der Waals surface area contributed by atoms with Gasteiger partial charge in [0.25, 0.3) is 11.8 Å². The maximum Gasteiger partial charge on any atom is 4.00 e. The first-order valence-corrected chi connectivity index (χ1v) is 24.2. The summed E-state index contributed by atoms with van der Waals surface area (Å²) < 4.78 is 79.4. The van der Waals surface area contributed by atoms with Crippen LogP contribution in [0.1, 0.15) is 84.2 Å². The summed E-state index contributed by atoms with van der Waals surface area (Å²) in [4.78, 5) is 28.3. The van der Waals surface area contributed by atoms with E-state index in [0.717, 1.165) is 49.7 Å². The van der Waals surface area contributed by atoms with Crippen molar-refractivity contribution < 1.29 is 67.8 Å². The second-order valence-corrected chi connectivity index (χ2v) is 16.0. The third-order valence-electron chi connectivity index (χ3n) is 10.3. The molecule has 0 radical (unpaired) electrons. The summed E-state index contributed by atoms with van der Waals surface area (Å²) in [7, 11) is 0. The summed E-state index contributed by atoms with van der Waals surface area (Å²) >= 11 is 0. The minimum absolute atomic E-state index is 0. The number of unbranched alkanes of at least 4 members (excludes halogenated alkanes) is 2. The van der Waals surface area contributed by atoms with Crippen LogP contribution in [0.25, 0.3) is 0 Å².